The Hall–Kier alpha value is -1.51. The van der Waals surface area contributed by atoms with Gasteiger partial charge in [-0.1, -0.05) is 39.0 Å². The van der Waals surface area contributed by atoms with E-state index in [-0.39, 0.29) is 11.3 Å². The lowest BCUT2D eigenvalue weighted by atomic mass is 9.89. The first-order chi connectivity index (χ1) is 7.47. The minimum atomic E-state index is -0.316. The highest BCUT2D eigenvalue weighted by atomic mass is 16.2. The van der Waals surface area contributed by atoms with Crippen LogP contribution in [-0.2, 0) is 11.3 Å². The molecule has 0 saturated carbocycles. The fourth-order valence-corrected chi connectivity index (χ4v) is 1.27. The lowest BCUT2D eigenvalue weighted by Crippen LogP contribution is -2.36. The first-order valence-corrected chi connectivity index (χ1v) is 5.59. The second-order valence-corrected chi connectivity index (χ2v) is 4.62. The Labute approximate surface area is 97.0 Å². The van der Waals surface area contributed by atoms with E-state index in [0.717, 1.165) is 17.7 Å². The molecular weight excluding hydrogens is 200 g/mol. The van der Waals surface area contributed by atoms with Gasteiger partial charge < -0.3 is 11.1 Å². The maximum Gasteiger partial charge on any atom is 0.225 e. The van der Waals surface area contributed by atoms with E-state index in [1.54, 1.807) is 0 Å². The van der Waals surface area contributed by atoms with Crippen molar-refractivity contribution in [1.29, 1.82) is 0 Å². The Morgan fingerprint density at radius 2 is 2.00 bits per heavy atom. The smallest absolute Gasteiger partial charge is 0.225 e. The highest BCUT2D eigenvalue weighted by Crippen LogP contribution is 2.20. The summed E-state index contributed by atoms with van der Waals surface area (Å²) in [6.45, 7) is 6.39. The average molecular weight is 220 g/mol. The van der Waals surface area contributed by atoms with Crippen LogP contribution in [0.15, 0.2) is 24.3 Å². The maximum atomic E-state index is 11.8. The highest BCUT2D eigenvalue weighted by molar-refractivity contribution is 5.81. The molecule has 0 radical (unpaired) electrons. The van der Waals surface area contributed by atoms with Gasteiger partial charge in [0.15, 0.2) is 0 Å². The molecule has 0 spiro atoms. The van der Waals surface area contributed by atoms with Gasteiger partial charge in [0.1, 0.15) is 0 Å². The van der Waals surface area contributed by atoms with Crippen LogP contribution in [0.2, 0.25) is 0 Å². The van der Waals surface area contributed by atoms with Crippen molar-refractivity contribution >= 4 is 11.6 Å². The Kier molecular flexibility index (Phi) is 3.93. The van der Waals surface area contributed by atoms with E-state index in [0.29, 0.717) is 6.54 Å². The summed E-state index contributed by atoms with van der Waals surface area (Å²) in [5.41, 5.74) is 7.16. The van der Waals surface area contributed by atoms with Crippen molar-refractivity contribution in [2.75, 3.05) is 5.73 Å². The number of para-hydroxylation sites is 1. The summed E-state index contributed by atoms with van der Waals surface area (Å²) in [5, 5.41) is 2.91. The van der Waals surface area contributed by atoms with E-state index in [2.05, 4.69) is 5.32 Å². The fourth-order valence-electron chi connectivity index (χ4n) is 1.27. The summed E-state index contributed by atoms with van der Waals surface area (Å²) in [6, 6.07) is 7.57. The zero-order chi connectivity index (χ0) is 12.2. The number of nitrogen functional groups attached to an aromatic ring is 1. The van der Waals surface area contributed by atoms with Gasteiger partial charge in [-0.3, -0.25) is 4.79 Å². The Morgan fingerprint density at radius 3 is 2.56 bits per heavy atom. The van der Waals surface area contributed by atoms with Gasteiger partial charge in [-0.15, -0.1) is 0 Å². The van der Waals surface area contributed by atoms with E-state index in [1.807, 2.05) is 45.0 Å². The van der Waals surface area contributed by atoms with Crippen LogP contribution in [0.3, 0.4) is 0 Å². The lowest BCUT2D eigenvalue weighted by Gasteiger charge is -2.21. The minimum Gasteiger partial charge on any atom is -0.398 e. The molecule has 0 bridgehead atoms. The number of nitrogens with one attached hydrogen (secondary N) is 1. The summed E-state index contributed by atoms with van der Waals surface area (Å²) in [7, 11) is 0. The van der Waals surface area contributed by atoms with Crippen LogP contribution in [0.5, 0.6) is 0 Å². The van der Waals surface area contributed by atoms with Gasteiger partial charge in [0.05, 0.1) is 0 Å². The quantitative estimate of drug-likeness (QED) is 0.765. The van der Waals surface area contributed by atoms with Crippen molar-refractivity contribution < 1.29 is 4.79 Å². The first-order valence-electron chi connectivity index (χ1n) is 5.59. The van der Waals surface area contributed by atoms with Gasteiger partial charge in [0.2, 0.25) is 5.91 Å². The lowest BCUT2D eigenvalue weighted by molar-refractivity contribution is -0.129. The summed E-state index contributed by atoms with van der Waals surface area (Å²) in [4.78, 5) is 11.8. The second-order valence-electron chi connectivity index (χ2n) is 4.62. The number of benzene rings is 1. The standard InChI is InChI=1S/C13H20N2O/c1-4-13(2,3)12(16)15-9-10-7-5-6-8-11(10)14/h5-8H,4,9,14H2,1-3H3,(H,15,16). The van der Waals surface area contributed by atoms with E-state index in [9.17, 15) is 4.79 Å². The SMILES string of the molecule is CCC(C)(C)C(=O)NCc1ccccc1N. The second kappa shape index (κ2) is 5.01. The molecule has 0 aliphatic rings. The fraction of sp³-hybridized carbons (Fsp3) is 0.462. The van der Waals surface area contributed by atoms with E-state index in [4.69, 9.17) is 5.73 Å². The largest absolute Gasteiger partial charge is 0.398 e. The Morgan fingerprint density at radius 1 is 1.38 bits per heavy atom. The molecule has 88 valence electrons. The Balaban J connectivity index is 2.59. The average Bonchev–Trinajstić information content (AvgIpc) is 2.27. The zero-order valence-corrected chi connectivity index (χ0v) is 10.2. The molecule has 0 saturated heterocycles. The number of anilines is 1. The van der Waals surface area contributed by atoms with Crippen LogP contribution in [0.25, 0.3) is 0 Å². The molecule has 0 heterocycles. The van der Waals surface area contributed by atoms with Crippen molar-refractivity contribution in [1.82, 2.24) is 5.32 Å². The van der Waals surface area contributed by atoms with E-state index >= 15 is 0 Å². The molecule has 1 rings (SSSR count). The monoisotopic (exact) mass is 220 g/mol. The predicted molar refractivity (Wildman–Crippen MR) is 66.8 cm³/mol. The molecule has 1 amide bonds. The van der Waals surface area contributed by atoms with Crippen LogP contribution in [-0.4, -0.2) is 5.91 Å². The molecule has 3 heteroatoms. The normalized spacial score (nSPS) is 11.2. The van der Waals surface area contributed by atoms with Crippen molar-refractivity contribution in [3.63, 3.8) is 0 Å². The molecule has 0 aromatic heterocycles. The summed E-state index contributed by atoms with van der Waals surface area (Å²) >= 11 is 0. The molecule has 0 atom stereocenters. The molecule has 3 N–H and O–H groups in total. The van der Waals surface area contributed by atoms with Crippen LogP contribution >= 0.6 is 0 Å². The summed E-state index contributed by atoms with van der Waals surface area (Å²) in [6.07, 6.45) is 0.823. The third-order valence-electron chi connectivity index (χ3n) is 2.99. The molecule has 16 heavy (non-hydrogen) atoms. The minimum absolute atomic E-state index is 0.0678. The van der Waals surface area contributed by atoms with Crippen molar-refractivity contribution in [2.24, 2.45) is 5.41 Å². The maximum absolute atomic E-state index is 11.8. The summed E-state index contributed by atoms with van der Waals surface area (Å²) < 4.78 is 0. The van der Waals surface area contributed by atoms with E-state index < -0.39 is 0 Å². The molecule has 0 aliphatic heterocycles. The zero-order valence-electron chi connectivity index (χ0n) is 10.2. The van der Waals surface area contributed by atoms with Crippen LogP contribution < -0.4 is 11.1 Å². The first kappa shape index (κ1) is 12.6. The number of amides is 1. The van der Waals surface area contributed by atoms with Crippen molar-refractivity contribution in [3.05, 3.63) is 29.8 Å². The van der Waals surface area contributed by atoms with Crippen molar-refractivity contribution in [2.45, 2.75) is 33.7 Å². The summed E-state index contributed by atoms with van der Waals surface area (Å²) in [5.74, 6) is 0.0678. The van der Waals surface area contributed by atoms with Gasteiger partial charge >= 0.3 is 0 Å². The van der Waals surface area contributed by atoms with Gasteiger partial charge in [0.25, 0.3) is 0 Å². The van der Waals surface area contributed by atoms with Crippen LogP contribution in [0, 0.1) is 5.41 Å². The third kappa shape index (κ3) is 2.99. The number of rotatable bonds is 4. The van der Waals surface area contributed by atoms with Gasteiger partial charge in [-0.25, -0.2) is 0 Å². The van der Waals surface area contributed by atoms with Gasteiger partial charge in [-0.05, 0) is 18.1 Å². The number of carbonyl (C=O) groups excluding carboxylic acids is 1. The molecule has 0 fully saturated rings. The number of nitrogens with two attached hydrogens (primary N) is 1. The molecule has 1 aromatic carbocycles. The van der Waals surface area contributed by atoms with Crippen LogP contribution in [0.1, 0.15) is 32.8 Å². The number of hydrogen-bond acceptors (Lipinski definition) is 2. The third-order valence-corrected chi connectivity index (χ3v) is 2.99. The molecule has 0 unspecified atom stereocenters. The highest BCUT2D eigenvalue weighted by Gasteiger charge is 2.24. The van der Waals surface area contributed by atoms with E-state index in [1.165, 1.54) is 0 Å². The van der Waals surface area contributed by atoms with Crippen LogP contribution in [0.4, 0.5) is 5.69 Å². The topological polar surface area (TPSA) is 55.1 Å². The molecule has 3 nitrogen and oxygen atoms in total. The van der Waals surface area contributed by atoms with Gasteiger partial charge in [-0.2, -0.15) is 0 Å². The predicted octanol–water partition coefficient (Wildman–Crippen LogP) is 2.32. The van der Waals surface area contributed by atoms with Gasteiger partial charge in [0, 0.05) is 17.6 Å². The number of hydrogen-bond donors (Lipinski definition) is 2. The number of carbonyl (C=O) groups is 1. The Bertz CT molecular complexity index is 372. The molecular formula is C13H20N2O. The molecule has 0 aliphatic carbocycles. The molecule has 1 aromatic rings. The van der Waals surface area contributed by atoms with Crippen molar-refractivity contribution in [3.8, 4) is 0 Å².